The second kappa shape index (κ2) is 8.76. The van der Waals surface area contributed by atoms with E-state index in [1.807, 2.05) is 25.1 Å². The zero-order valence-electron chi connectivity index (χ0n) is 19.1. The Kier molecular flexibility index (Phi) is 5.78. The van der Waals surface area contributed by atoms with E-state index in [1.165, 1.54) is 41.5 Å². The number of fused-ring (bicyclic) bond motifs is 4. The number of nitrogens with zero attached hydrogens (tertiary/aromatic N) is 4. The lowest BCUT2D eigenvalue weighted by atomic mass is 9.99. The van der Waals surface area contributed by atoms with Crippen molar-refractivity contribution in [2.24, 2.45) is 7.05 Å². The number of aryl methyl sites for hydroxylation is 2. The predicted molar refractivity (Wildman–Crippen MR) is 136 cm³/mol. The van der Waals surface area contributed by atoms with E-state index >= 15 is 0 Å². The first-order chi connectivity index (χ1) is 16.1. The molecule has 0 bridgehead atoms. The number of pyridine rings is 2. The molecule has 176 valence electrons. The molecule has 0 N–H and O–H groups in total. The number of hydrogen-bond acceptors (Lipinski definition) is 4. The number of benzene rings is 1. The maximum Gasteiger partial charge on any atom is 0.258 e. The lowest BCUT2D eigenvalue weighted by Crippen LogP contribution is -2.35. The Bertz CT molecular complexity index is 1400. The molecule has 1 unspecified atom stereocenters. The van der Waals surface area contributed by atoms with Crippen molar-refractivity contribution in [3.8, 4) is 11.4 Å². The molecule has 4 aromatic rings. The highest BCUT2D eigenvalue weighted by atomic mass is 16.5. The van der Waals surface area contributed by atoms with Crippen LogP contribution < -0.4 is 10.3 Å². The van der Waals surface area contributed by atoms with Crippen LogP contribution in [-0.4, -0.2) is 31.6 Å². The average Bonchev–Trinajstić information content (AvgIpc) is 3.39. The maximum absolute atomic E-state index is 12.9. The molecule has 3 aromatic heterocycles. The number of aromatic nitrogens is 3. The summed E-state index contributed by atoms with van der Waals surface area (Å²) in [6.07, 6.45) is 7.33. The molecule has 1 saturated heterocycles. The summed E-state index contributed by atoms with van der Waals surface area (Å²) in [5.41, 5.74) is 6.82. The van der Waals surface area contributed by atoms with Crippen LogP contribution in [-0.2, 0) is 26.6 Å². The number of hydrogen-bond donors (Lipinski definition) is 0. The Labute approximate surface area is 200 Å². The van der Waals surface area contributed by atoms with Crippen LogP contribution in [0.3, 0.4) is 0 Å². The summed E-state index contributed by atoms with van der Waals surface area (Å²) < 4.78 is 9.84. The molecule has 1 fully saturated rings. The highest BCUT2D eigenvalue weighted by Crippen LogP contribution is 2.36. The van der Waals surface area contributed by atoms with Gasteiger partial charge in [0.2, 0.25) is 0 Å². The van der Waals surface area contributed by atoms with Gasteiger partial charge in [-0.2, -0.15) is 0 Å². The molecule has 0 saturated carbocycles. The third kappa shape index (κ3) is 3.82. The predicted octanol–water partition coefficient (Wildman–Crippen LogP) is 4.77. The smallest absolute Gasteiger partial charge is 0.258 e. The van der Waals surface area contributed by atoms with Crippen molar-refractivity contribution in [1.29, 1.82) is 0 Å². The van der Waals surface area contributed by atoms with Gasteiger partial charge < -0.3 is 9.30 Å². The van der Waals surface area contributed by atoms with Crippen LogP contribution >= 0.6 is 0 Å². The quantitative estimate of drug-likeness (QED) is 0.444. The third-order valence-electron chi connectivity index (χ3n) is 7.26. The second-order valence-electron chi connectivity index (χ2n) is 9.32. The van der Waals surface area contributed by atoms with E-state index in [2.05, 4.69) is 39.7 Å². The van der Waals surface area contributed by atoms with Crippen LogP contribution in [0.15, 0.2) is 59.7 Å². The Morgan fingerprint density at radius 2 is 2.03 bits per heavy atom. The Morgan fingerprint density at radius 3 is 2.82 bits per heavy atom. The van der Waals surface area contributed by atoms with Gasteiger partial charge in [0.1, 0.15) is 12.4 Å². The average molecular weight is 457 g/mol. The topological polar surface area (TPSA) is 52.3 Å². The monoisotopic (exact) mass is 456 g/mol. The SMILES string of the molecule is C.Cc1ccc(COc2ccn(-c3ccc4c5c(n(C)c4c3)CC3CCCN3C5)c(=O)c2)cn1. The molecule has 0 radical (unpaired) electrons. The standard InChI is InChI=1S/C27H28N4O2.CH4/c1-18-5-6-19(15-28-18)17-33-22-9-11-31(27(32)14-22)21-7-8-23-24-16-30-10-3-4-20(30)12-26(24)29(2)25(23)13-21;/h5-9,11,13-15,20H,3-4,10,12,16-17H2,1-2H3;1H4. The van der Waals surface area contributed by atoms with Gasteiger partial charge >= 0.3 is 0 Å². The van der Waals surface area contributed by atoms with E-state index in [4.69, 9.17) is 4.74 Å². The molecule has 1 atom stereocenters. The summed E-state index contributed by atoms with van der Waals surface area (Å²) >= 11 is 0. The molecule has 2 aliphatic rings. The van der Waals surface area contributed by atoms with E-state index in [0.29, 0.717) is 18.4 Å². The lowest BCUT2D eigenvalue weighted by Gasteiger charge is -2.30. The zero-order valence-corrected chi connectivity index (χ0v) is 19.1. The van der Waals surface area contributed by atoms with Crippen molar-refractivity contribution in [2.75, 3.05) is 6.54 Å². The highest BCUT2D eigenvalue weighted by molar-refractivity contribution is 5.87. The van der Waals surface area contributed by atoms with Crippen LogP contribution in [0, 0.1) is 6.92 Å². The van der Waals surface area contributed by atoms with Crippen LogP contribution in [0.5, 0.6) is 5.75 Å². The second-order valence-corrected chi connectivity index (χ2v) is 9.32. The fraction of sp³-hybridized carbons (Fsp3) is 0.357. The van der Waals surface area contributed by atoms with Gasteiger partial charge in [0, 0.05) is 66.9 Å². The van der Waals surface area contributed by atoms with Gasteiger partial charge in [0.25, 0.3) is 5.56 Å². The first kappa shape index (κ1) is 22.4. The number of rotatable bonds is 4. The van der Waals surface area contributed by atoms with Crippen molar-refractivity contribution >= 4 is 10.9 Å². The maximum atomic E-state index is 12.9. The normalized spacial score (nSPS) is 17.3. The molecule has 1 aromatic carbocycles. The van der Waals surface area contributed by atoms with Crippen LogP contribution in [0.4, 0.5) is 0 Å². The van der Waals surface area contributed by atoms with Gasteiger partial charge in [0.15, 0.2) is 0 Å². The fourth-order valence-corrected chi connectivity index (χ4v) is 5.42. The summed E-state index contributed by atoms with van der Waals surface area (Å²) in [7, 11) is 2.16. The summed E-state index contributed by atoms with van der Waals surface area (Å²) in [6.45, 7) is 4.59. The van der Waals surface area contributed by atoms with Gasteiger partial charge in [0.05, 0.1) is 11.2 Å². The summed E-state index contributed by atoms with van der Waals surface area (Å²) in [5.74, 6) is 0.563. The molecule has 0 amide bonds. The molecule has 34 heavy (non-hydrogen) atoms. The Morgan fingerprint density at radius 1 is 1.15 bits per heavy atom. The first-order valence-corrected chi connectivity index (χ1v) is 11.7. The molecular weight excluding hydrogens is 424 g/mol. The molecule has 6 rings (SSSR count). The van der Waals surface area contributed by atoms with E-state index in [1.54, 1.807) is 23.0 Å². The zero-order chi connectivity index (χ0) is 22.5. The van der Waals surface area contributed by atoms with Gasteiger partial charge in [-0.3, -0.25) is 19.2 Å². The first-order valence-electron chi connectivity index (χ1n) is 11.7. The molecule has 0 spiro atoms. The highest BCUT2D eigenvalue weighted by Gasteiger charge is 2.32. The van der Waals surface area contributed by atoms with Gasteiger partial charge in [-0.25, -0.2) is 0 Å². The van der Waals surface area contributed by atoms with Crippen LogP contribution in [0.1, 0.15) is 42.8 Å². The molecule has 5 heterocycles. The van der Waals surface area contributed by atoms with E-state index in [0.717, 1.165) is 29.9 Å². The summed E-state index contributed by atoms with van der Waals surface area (Å²) in [6, 6.07) is 14.4. The largest absolute Gasteiger partial charge is 0.489 e. The van der Waals surface area contributed by atoms with Crippen molar-refractivity contribution in [2.45, 2.75) is 52.8 Å². The molecule has 2 aliphatic heterocycles. The fourth-order valence-electron chi connectivity index (χ4n) is 5.42. The number of ether oxygens (including phenoxy) is 1. The Balaban J connectivity index is 0.00000241. The molecular formula is C28H32N4O2. The minimum absolute atomic E-state index is 0. The summed E-state index contributed by atoms with van der Waals surface area (Å²) in [4.78, 5) is 19.8. The van der Waals surface area contributed by atoms with Crippen molar-refractivity contribution in [1.82, 2.24) is 19.0 Å². The summed E-state index contributed by atoms with van der Waals surface area (Å²) in [5, 5.41) is 1.31. The minimum Gasteiger partial charge on any atom is -0.489 e. The lowest BCUT2D eigenvalue weighted by molar-refractivity contribution is 0.225. The van der Waals surface area contributed by atoms with E-state index in [-0.39, 0.29) is 13.0 Å². The molecule has 6 heteroatoms. The van der Waals surface area contributed by atoms with Crippen molar-refractivity contribution in [3.05, 3.63) is 87.7 Å². The van der Waals surface area contributed by atoms with E-state index in [9.17, 15) is 4.79 Å². The van der Waals surface area contributed by atoms with Crippen molar-refractivity contribution in [3.63, 3.8) is 0 Å². The van der Waals surface area contributed by atoms with Gasteiger partial charge in [-0.1, -0.05) is 19.6 Å². The van der Waals surface area contributed by atoms with E-state index < -0.39 is 0 Å². The third-order valence-corrected chi connectivity index (χ3v) is 7.26. The van der Waals surface area contributed by atoms with Crippen molar-refractivity contribution < 1.29 is 4.74 Å². The van der Waals surface area contributed by atoms with Gasteiger partial charge in [-0.15, -0.1) is 0 Å². The molecule has 0 aliphatic carbocycles. The molecule has 6 nitrogen and oxygen atoms in total. The van der Waals surface area contributed by atoms with Gasteiger partial charge in [-0.05, 0) is 56.1 Å². The van der Waals surface area contributed by atoms with Crippen LogP contribution in [0.2, 0.25) is 0 Å². The van der Waals surface area contributed by atoms with Crippen LogP contribution in [0.25, 0.3) is 16.6 Å². The minimum atomic E-state index is -0.103. The Hall–Kier alpha value is -3.38.